The Balaban J connectivity index is 1.77. The molecule has 0 radical (unpaired) electrons. The van der Waals surface area contributed by atoms with Crippen molar-refractivity contribution in [1.82, 2.24) is 9.80 Å². The van der Waals surface area contributed by atoms with E-state index in [9.17, 15) is 20.4 Å². The summed E-state index contributed by atoms with van der Waals surface area (Å²) in [6.07, 6.45) is 3.87. The summed E-state index contributed by atoms with van der Waals surface area (Å²) >= 11 is 0. The van der Waals surface area contributed by atoms with Crippen LogP contribution < -0.4 is 9.47 Å². The minimum absolute atomic E-state index is 0.0275. The van der Waals surface area contributed by atoms with Gasteiger partial charge in [-0.3, -0.25) is 9.80 Å². The third kappa shape index (κ3) is 8.16. The monoisotopic (exact) mass is 502 g/mol. The van der Waals surface area contributed by atoms with Crippen LogP contribution in [0, 0.1) is 0 Å². The molecule has 1 saturated carbocycles. The van der Waals surface area contributed by atoms with E-state index in [1.54, 1.807) is 0 Å². The van der Waals surface area contributed by atoms with Gasteiger partial charge in [0.25, 0.3) is 0 Å². The predicted octanol–water partition coefficient (Wildman–Crippen LogP) is 1.77. The fourth-order valence-corrected chi connectivity index (χ4v) is 5.26. The number of benzene rings is 2. The average molecular weight is 503 g/mol. The quantitative estimate of drug-likeness (QED) is 0.275. The molecule has 2 aromatic rings. The summed E-state index contributed by atoms with van der Waals surface area (Å²) in [6.45, 7) is 1.13. The SMILES string of the molecule is OCCN(C(CO)COc1ccccc1)C1CCCCC1N(CCO)C(CO)COc1ccccc1. The fourth-order valence-electron chi connectivity index (χ4n) is 5.26. The molecular weight excluding hydrogens is 460 g/mol. The Morgan fingerprint density at radius 2 is 1.03 bits per heavy atom. The maximum absolute atomic E-state index is 10.3. The van der Waals surface area contributed by atoms with Crippen molar-refractivity contribution in [3.8, 4) is 11.5 Å². The van der Waals surface area contributed by atoms with E-state index in [4.69, 9.17) is 9.47 Å². The van der Waals surface area contributed by atoms with Crippen LogP contribution in [0.3, 0.4) is 0 Å². The molecule has 8 nitrogen and oxygen atoms in total. The van der Waals surface area contributed by atoms with Crippen molar-refractivity contribution in [3.63, 3.8) is 0 Å². The maximum atomic E-state index is 10.3. The molecule has 36 heavy (non-hydrogen) atoms. The highest BCUT2D eigenvalue weighted by Gasteiger charge is 2.39. The number of aliphatic hydroxyl groups is 4. The summed E-state index contributed by atoms with van der Waals surface area (Å²) in [4.78, 5) is 4.31. The minimum atomic E-state index is -0.299. The highest BCUT2D eigenvalue weighted by atomic mass is 16.5. The Bertz CT molecular complexity index is 758. The third-order valence-electron chi connectivity index (χ3n) is 6.99. The van der Waals surface area contributed by atoms with E-state index in [0.29, 0.717) is 26.3 Å². The van der Waals surface area contributed by atoms with Crippen LogP contribution in [0.4, 0.5) is 0 Å². The Morgan fingerprint density at radius 1 is 0.639 bits per heavy atom. The molecule has 0 saturated heterocycles. The molecule has 0 heterocycles. The normalized spacial score (nSPS) is 19.8. The standard InChI is InChI=1S/C28H42N2O6/c31-17-15-29(23(19-33)21-35-25-9-3-1-4-10-25)27-13-7-8-14-28(27)30(16-18-32)24(20-34)22-36-26-11-5-2-6-12-26/h1-6,9-12,23-24,27-28,31-34H,7-8,13-22H2. The second-order valence-electron chi connectivity index (χ2n) is 9.26. The molecule has 4 N–H and O–H groups in total. The van der Waals surface area contributed by atoms with E-state index in [-0.39, 0.29) is 50.6 Å². The number of para-hydroxylation sites is 2. The van der Waals surface area contributed by atoms with Crippen LogP contribution in [0.5, 0.6) is 11.5 Å². The van der Waals surface area contributed by atoms with Crippen LogP contribution in [0.15, 0.2) is 60.7 Å². The Hall–Kier alpha value is -2.20. The lowest BCUT2D eigenvalue weighted by atomic mass is 9.86. The molecule has 1 aliphatic carbocycles. The van der Waals surface area contributed by atoms with Crippen LogP contribution in [-0.4, -0.2) is 107 Å². The van der Waals surface area contributed by atoms with Crippen molar-refractivity contribution in [2.24, 2.45) is 0 Å². The van der Waals surface area contributed by atoms with Gasteiger partial charge in [0.05, 0.1) is 38.5 Å². The van der Waals surface area contributed by atoms with E-state index < -0.39 is 0 Å². The fraction of sp³-hybridized carbons (Fsp3) is 0.571. The van der Waals surface area contributed by atoms with Crippen LogP contribution in [0.25, 0.3) is 0 Å². The van der Waals surface area contributed by atoms with Gasteiger partial charge in [0.15, 0.2) is 0 Å². The molecule has 4 atom stereocenters. The number of nitrogens with zero attached hydrogens (tertiary/aromatic N) is 2. The van der Waals surface area contributed by atoms with Gasteiger partial charge in [-0.1, -0.05) is 49.2 Å². The van der Waals surface area contributed by atoms with Crippen molar-refractivity contribution in [1.29, 1.82) is 0 Å². The zero-order valence-corrected chi connectivity index (χ0v) is 21.1. The molecule has 1 aliphatic rings. The molecule has 0 aliphatic heterocycles. The molecular formula is C28H42N2O6. The third-order valence-corrected chi connectivity index (χ3v) is 6.99. The number of rotatable bonds is 16. The second kappa shape index (κ2) is 15.8. The van der Waals surface area contributed by atoms with Gasteiger partial charge in [-0.25, -0.2) is 0 Å². The maximum Gasteiger partial charge on any atom is 0.119 e. The first-order chi connectivity index (χ1) is 17.7. The van der Waals surface area contributed by atoms with Gasteiger partial charge < -0.3 is 29.9 Å². The van der Waals surface area contributed by atoms with Crippen molar-refractivity contribution >= 4 is 0 Å². The van der Waals surface area contributed by atoms with Crippen molar-refractivity contribution < 1.29 is 29.9 Å². The zero-order valence-electron chi connectivity index (χ0n) is 21.1. The van der Waals surface area contributed by atoms with Crippen molar-refractivity contribution in [2.75, 3.05) is 52.7 Å². The van der Waals surface area contributed by atoms with Gasteiger partial charge in [0.1, 0.15) is 24.7 Å². The van der Waals surface area contributed by atoms with Crippen LogP contribution in [0.2, 0.25) is 0 Å². The van der Waals surface area contributed by atoms with Gasteiger partial charge in [0, 0.05) is 25.2 Å². The number of hydrogen-bond acceptors (Lipinski definition) is 8. The Labute approximate surface area is 214 Å². The Kier molecular flexibility index (Phi) is 12.5. The molecule has 200 valence electrons. The summed E-state index contributed by atoms with van der Waals surface area (Å²) < 4.78 is 12.0. The summed E-state index contributed by atoms with van der Waals surface area (Å²) in [7, 11) is 0. The lowest BCUT2D eigenvalue weighted by Crippen LogP contribution is -2.62. The van der Waals surface area contributed by atoms with E-state index in [2.05, 4.69) is 9.80 Å². The summed E-state index contributed by atoms with van der Waals surface area (Å²) in [5.41, 5.74) is 0. The Morgan fingerprint density at radius 3 is 1.36 bits per heavy atom. The van der Waals surface area contributed by atoms with Crippen LogP contribution in [-0.2, 0) is 0 Å². The summed E-state index contributed by atoms with van der Waals surface area (Å²) in [6, 6.07) is 18.5. The molecule has 0 bridgehead atoms. The summed E-state index contributed by atoms with van der Waals surface area (Å²) in [5, 5.41) is 40.4. The summed E-state index contributed by atoms with van der Waals surface area (Å²) in [5.74, 6) is 1.47. The van der Waals surface area contributed by atoms with Crippen molar-refractivity contribution in [3.05, 3.63) is 60.7 Å². The first-order valence-corrected chi connectivity index (χ1v) is 13.0. The van der Waals surface area contributed by atoms with E-state index >= 15 is 0 Å². The number of aliphatic hydroxyl groups excluding tert-OH is 4. The first kappa shape index (κ1) is 28.4. The van der Waals surface area contributed by atoms with E-state index in [1.807, 2.05) is 60.7 Å². The average Bonchev–Trinajstić information content (AvgIpc) is 2.93. The lowest BCUT2D eigenvalue weighted by molar-refractivity contribution is -0.0439. The molecule has 3 rings (SSSR count). The second-order valence-corrected chi connectivity index (χ2v) is 9.26. The van der Waals surface area contributed by atoms with Crippen molar-refractivity contribution in [2.45, 2.75) is 49.9 Å². The molecule has 2 aromatic carbocycles. The molecule has 1 fully saturated rings. The molecule has 8 heteroatoms. The van der Waals surface area contributed by atoms with Gasteiger partial charge in [0.2, 0.25) is 0 Å². The highest BCUT2D eigenvalue weighted by molar-refractivity contribution is 5.21. The predicted molar refractivity (Wildman–Crippen MR) is 139 cm³/mol. The van der Waals surface area contributed by atoms with E-state index in [0.717, 1.165) is 37.2 Å². The largest absolute Gasteiger partial charge is 0.492 e. The molecule has 4 unspecified atom stereocenters. The first-order valence-electron chi connectivity index (χ1n) is 13.0. The number of hydrogen-bond donors (Lipinski definition) is 4. The molecule has 0 aromatic heterocycles. The van der Waals surface area contributed by atoms with Gasteiger partial charge in [-0.2, -0.15) is 0 Å². The smallest absolute Gasteiger partial charge is 0.119 e. The zero-order chi connectivity index (χ0) is 25.6. The molecule has 0 spiro atoms. The number of ether oxygens (including phenoxy) is 2. The highest BCUT2D eigenvalue weighted by Crippen LogP contribution is 2.30. The topological polar surface area (TPSA) is 106 Å². The van der Waals surface area contributed by atoms with Gasteiger partial charge in [-0.05, 0) is 37.1 Å². The minimum Gasteiger partial charge on any atom is -0.492 e. The van der Waals surface area contributed by atoms with Crippen LogP contribution >= 0.6 is 0 Å². The van der Waals surface area contributed by atoms with Gasteiger partial charge in [-0.15, -0.1) is 0 Å². The molecule has 0 amide bonds. The van der Waals surface area contributed by atoms with Crippen LogP contribution in [0.1, 0.15) is 25.7 Å². The van der Waals surface area contributed by atoms with E-state index in [1.165, 1.54) is 0 Å². The van der Waals surface area contributed by atoms with Gasteiger partial charge >= 0.3 is 0 Å². The lowest BCUT2D eigenvalue weighted by Gasteiger charge is -2.49.